The van der Waals surface area contributed by atoms with Gasteiger partial charge in [0.05, 0.1) is 0 Å². The predicted octanol–water partition coefficient (Wildman–Crippen LogP) is 2.21. The largest absolute Gasteiger partial charge is 0.493 e. The molecule has 0 saturated carbocycles. The summed E-state index contributed by atoms with van der Waals surface area (Å²) >= 11 is 0. The Hall–Kier alpha value is -1.78. The average molecular weight is 250 g/mol. The Labute approximate surface area is 106 Å². The molecule has 0 unspecified atom stereocenters. The number of carboxylic acid groups (broad SMARTS) is 1. The van der Waals surface area contributed by atoms with E-state index in [0.29, 0.717) is 19.0 Å². The number of hydrogen-bond donors (Lipinski definition) is 2. The summed E-state index contributed by atoms with van der Waals surface area (Å²) in [5.41, 5.74) is 2.07. The Morgan fingerprint density at radius 1 is 1.44 bits per heavy atom. The van der Waals surface area contributed by atoms with Crippen molar-refractivity contribution in [1.82, 2.24) is 9.88 Å². The first kappa shape index (κ1) is 12.7. The van der Waals surface area contributed by atoms with Crippen LogP contribution in [-0.4, -0.2) is 39.3 Å². The van der Waals surface area contributed by atoms with Gasteiger partial charge in [0, 0.05) is 24.8 Å². The van der Waals surface area contributed by atoms with Crippen LogP contribution in [-0.2, 0) is 6.42 Å². The Bertz CT molecular complexity index is 440. The Kier molecular flexibility index (Phi) is 3.69. The van der Waals surface area contributed by atoms with Crippen molar-refractivity contribution in [3.8, 4) is 5.88 Å². The number of aromatic nitrogens is 1. The highest BCUT2D eigenvalue weighted by atomic mass is 16.4. The molecule has 2 heterocycles. The number of aromatic hydroxyl groups is 1. The summed E-state index contributed by atoms with van der Waals surface area (Å²) in [6.45, 7) is 3.16. The van der Waals surface area contributed by atoms with Crippen molar-refractivity contribution < 1.29 is 15.0 Å². The highest BCUT2D eigenvalue weighted by Crippen LogP contribution is 2.30. The van der Waals surface area contributed by atoms with E-state index in [9.17, 15) is 9.90 Å². The SMILES string of the molecule is CCc1nc(O)ccc1C1CCN(C(=O)O)CC1. The molecule has 0 atom stereocenters. The highest BCUT2D eigenvalue weighted by molar-refractivity contribution is 5.65. The summed E-state index contributed by atoms with van der Waals surface area (Å²) in [6, 6.07) is 3.53. The second-order valence-corrected chi connectivity index (χ2v) is 4.60. The normalized spacial score (nSPS) is 16.8. The van der Waals surface area contributed by atoms with E-state index in [1.807, 2.05) is 13.0 Å². The molecule has 5 heteroatoms. The number of rotatable bonds is 2. The van der Waals surface area contributed by atoms with Crippen LogP contribution < -0.4 is 0 Å². The molecule has 0 aromatic carbocycles. The summed E-state index contributed by atoms with van der Waals surface area (Å²) < 4.78 is 0. The number of likely N-dealkylation sites (tertiary alicyclic amines) is 1. The van der Waals surface area contributed by atoms with Crippen LogP contribution in [0.2, 0.25) is 0 Å². The van der Waals surface area contributed by atoms with Crippen molar-refractivity contribution in [3.63, 3.8) is 0 Å². The van der Waals surface area contributed by atoms with Crippen molar-refractivity contribution in [2.24, 2.45) is 0 Å². The van der Waals surface area contributed by atoms with E-state index in [2.05, 4.69) is 4.98 Å². The molecule has 2 rings (SSSR count). The van der Waals surface area contributed by atoms with Gasteiger partial charge in [0.25, 0.3) is 0 Å². The van der Waals surface area contributed by atoms with Gasteiger partial charge in [-0.25, -0.2) is 9.78 Å². The molecule has 1 saturated heterocycles. The lowest BCUT2D eigenvalue weighted by Crippen LogP contribution is -2.37. The molecule has 98 valence electrons. The summed E-state index contributed by atoms with van der Waals surface area (Å²) in [6.07, 6.45) is 1.59. The van der Waals surface area contributed by atoms with Crippen molar-refractivity contribution >= 4 is 6.09 Å². The van der Waals surface area contributed by atoms with E-state index in [-0.39, 0.29) is 5.88 Å². The fourth-order valence-electron chi connectivity index (χ4n) is 2.54. The molecule has 0 aliphatic carbocycles. The van der Waals surface area contributed by atoms with Crippen molar-refractivity contribution in [2.45, 2.75) is 32.1 Å². The third kappa shape index (κ3) is 2.55. The van der Waals surface area contributed by atoms with Gasteiger partial charge in [-0.2, -0.15) is 0 Å². The standard InChI is InChI=1S/C13H18N2O3/c1-2-11-10(3-4-12(16)14-11)9-5-7-15(8-6-9)13(17)18/h3-4,9H,2,5-8H2,1H3,(H,14,16)(H,17,18). The fraction of sp³-hybridized carbons (Fsp3) is 0.538. The molecular weight excluding hydrogens is 232 g/mol. The van der Waals surface area contributed by atoms with Crippen LogP contribution in [0.3, 0.4) is 0 Å². The average Bonchev–Trinajstić information content (AvgIpc) is 2.38. The van der Waals surface area contributed by atoms with Gasteiger partial charge in [0.1, 0.15) is 0 Å². The van der Waals surface area contributed by atoms with Gasteiger partial charge in [-0.3, -0.25) is 0 Å². The topological polar surface area (TPSA) is 73.7 Å². The monoisotopic (exact) mass is 250 g/mol. The number of hydrogen-bond acceptors (Lipinski definition) is 3. The minimum atomic E-state index is -0.840. The van der Waals surface area contributed by atoms with E-state index >= 15 is 0 Å². The number of pyridine rings is 1. The molecule has 18 heavy (non-hydrogen) atoms. The van der Waals surface area contributed by atoms with Crippen LogP contribution in [0.5, 0.6) is 5.88 Å². The molecule has 1 aliphatic rings. The van der Waals surface area contributed by atoms with E-state index in [1.54, 1.807) is 6.07 Å². The van der Waals surface area contributed by atoms with Crippen LogP contribution in [0.25, 0.3) is 0 Å². The van der Waals surface area contributed by atoms with E-state index in [0.717, 1.165) is 30.5 Å². The first-order chi connectivity index (χ1) is 8.61. The van der Waals surface area contributed by atoms with Gasteiger partial charge < -0.3 is 15.1 Å². The fourth-order valence-corrected chi connectivity index (χ4v) is 2.54. The molecule has 1 aliphatic heterocycles. The molecule has 1 aromatic heterocycles. The van der Waals surface area contributed by atoms with Crippen LogP contribution in [0, 0.1) is 0 Å². The second kappa shape index (κ2) is 5.25. The van der Waals surface area contributed by atoms with Crippen molar-refractivity contribution in [1.29, 1.82) is 0 Å². The van der Waals surface area contributed by atoms with Gasteiger partial charge in [-0.15, -0.1) is 0 Å². The molecule has 1 fully saturated rings. The van der Waals surface area contributed by atoms with Crippen LogP contribution in [0.4, 0.5) is 4.79 Å². The smallest absolute Gasteiger partial charge is 0.407 e. The van der Waals surface area contributed by atoms with Crippen molar-refractivity contribution in [2.75, 3.05) is 13.1 Å². The number of aryl methyl sites for hydroxylation is 1. The quantitative estimate of drug-likeness (QED) is 0.844. The maximum atomic E-state index is 10.8. The Morgan fingerprint density at radius 2 is 2.11 bits per heavy atom. The van der Waals surface area contributed by atoms with Crippen LogP contribution in [0.15, 0.2) is 12.1 Å². The zero-order valence-electron chi connectivity index (χ0n) is 10.5. The number of nitrogens with zero attached hydrogens (tertiary/aromatic N) is 2. The van der Waals surface area contributed by atoms with Crippen LogP contribution >= 0.6 is 0 Å². The second-order valence-electron chi connectivity index (χ2n) is 4.60. The van der Waals surface area contributed by atoms with Crippen LogP contribution in [0.1, 0.15) is 36.9 Å². The summed E-state index contributed by atoms with van der Waals surface area (Å²) in [5.74, 6) is 0.405. The lowest BCUT2D eigenvalue weighted by molar-refractivity contribution is 0.132. The first-order valence-corrected chi connectivity index (χ1v) is 6.28. The maximum absolute atomic E-state index is 10.8. The molecule has 1 aromatic rings. The third-order valence-electron chi connectivity index (χ3n) is 3.53. The van der Waals surface area contributed by atoms with Gasteiger partial charge in [-0.1, -0.05) is 13.0 Å². The molecule has 1 amide bonds. The Morgan fingerprint density at radius 3 is 2.67 bits per heavy atom. The molecule has 0 spiro atoms. The molecule has 5 nitrogen and oxygen atoms in total. The van der Waals surface area contributed by atoms with Gasteiger partial charge in [0.2, 0.25) is 5.88 Å². The number of carbonyl (C=O) groups is 1. The number of piperidine rings is 1. The number of amides is 1. The van der Waals surface area contributed by atoms with E-state index in [1.165, 1.54) is 4.90 Å². The van der Waals surface area contributed by atoms with E-state index < -0.39 is 6.09 Å². The predicted molar refractivity (Wildman–Crippen MR) is 66.9 cm³/mol. The minimum absolute atomic E-state index is 0.0542. The summed E-state index contributed by atoms with van der Waals surface area (Å²) in [4.78, 5) is 16.4. The summed E-state index contributed by atoms with van der Waals surface area (Å²) in [7, 11) is 0. The zero-order valence-corrected chi connectivity index (χ0v) is 10.5. The van der Waals surface area contributed by atoms with E-state index in [4.69, 9.17) is 5.11 Å². The maximum Gasteiger partial charge on any atom is 0.407 e. The van der Waals surface area contributed by atoms with Crippen molar-refractivity contribution in [3.05, 3.63) is 23.4 Å². The third-order valence-corrected chi connectivity index (χ3v) is 3.53. The molecular formula is C13H18N2O3. The van der Waals surface area contributed by atoms with Gasteiger partial charge in [0.15, 0.2) is 0 Å². The molecule has 0 bridgehead atoms. The molecule has 2 N–H and O–H groups in total. The summed E-state index contributed by atoms with van der Waals surface area (Å²) in [5, 5.41) is 18.3. The lowest BCUT2D eigenvalue weighted by atomic mass is 9.88. The highest BCUT2D eigenvalue weighted by Gasteiger charge is 2.25. The van der Waals surface area contributed by atoms with Gasteiger partial charge >= 0.3 is 6.09 Å². The Balaban J connectivity index is 2.12. The molecule has 0 radical (unpaired) electrons. The van der Waals surface area contributed by atoms with Gasteiger partial charge in [-0.05, 0) is 30.7 Å². The zero-order chi connectivity index (χ0) is 13.1. The minimum Gasteiger partial charge on any atom is -0.493 e. The first-order valence-electron chi connectivity index (χ1n) is 6.28. The lowest BCUT2D eigenvalue weighted by Gasteiger charge is -2.30.